The number of alkyl halides is 1. The Kier molecular flexibility index (Phi) is 3.60. The molecular formula is C6H5Br2FO2S. The molecule has 0 saturated carbocycles. The second-order valence-corrected chi connectivity index (χ2v) is 5.64. The Bertz CT molecular complexity index is 244. The van der Waals surface area contributed by atoms with Gasteiger partial charge in [-0.2, -0.15) is 0 Å². The van der Waals surface area contributed by atoms with Crippen LogP contribution in [0.3, 0.4) is 0 Å². The third-order valence-corrected chi connectivity index (χ3v) is 5.33. The third kappa shape index (κ3) is 1.85. The molecule has 0 aliphatic carbocycles. The summed E-state index contributed by atoms with van der Waals surface area (Å²) in [5.41, 5.74) is 0. The fourth-order valence-electron chi connectivity index (χ4n) is 0.739. The van der Waals surface area contributed by atoms with Gasteiger partial charge in [0.05, 0.1) is 15.8 Å². The molecule has 0 aromatic rings. The Morgan fingerprint density at radius 3 is 2.67 bits per heavy atom. The first kappa shape index (κ1) is 10.5. The summed E-state index contributed by atoms with van der Waals surface area (Å²) in [6.07, 6.45) is 0. The molecule has 68 valence electrons. The van der Waals surface area contributed by atoms with Gasteiger partial charge in [-0.3, -0.25) is 4.79 Å². The van der Waals surface area contributed by atoms with Gasteiger partial charge in [0.25, 0.3) is 0 Å². The van der Waals surface area contributed by atoms with Crippen LogP contribution in [-0.2, 0) is 9.53 Å². The molecule has 6 heteroatoms. The Morgan fingerprint density at radius 1 is 1.75 bits per heavy atom. The molecule has 0 aromatic heterocycles. The molecule has 0 aromatic carbocycles. The van der Waals surface area contributed by atoms with Gasteiger partial charge in [0.2, 0.25) is 0 Å². The van der Waals surface area contributed by atoms with Crippen LogP contribution in [0.25, 0.3) is 0 Å². The number of carbonyl (C=O) groups excluding carboxylic acids is 1. The van der Waals surface area contributed by atoms with Crippen LogP contribution in [0.2, 0.25) is 0 Å². The highest BCUT2D eigenvalue weighted by Crippen LogP contribution is 2.45. The summed E-state index contributed by atoms with van der Waals surface area (Å²) < 4.78 is 17.8. The first-order chi connectivity index (χ1) is 5.57. The minimum atomic E-state index is -0.825. The molecule has 1 heterocycles. The van der Waals surface area contributed by atoms with Crippen molar-refractivity contribution in [2.24, 2.45) is 0 Å². The smallest absolute Gasteiger partial charge is 0.325 e. The van der Waals surface area contributed by atoms with Gasteiger partial charge in [0.1, 0.15) is 5.83 Å². The molecule has 0 saturated heterocycles. The van der Waals surface area contributed by atoms with Gasteiger partial charge in [0.15, 0.2) is 5.25 Å². The Hall–Kier alpha value is 0.450. The van der Waals surface area contributed by atoms with Crippen molar-refractivity contribution in [1.29, 1.82) is 0 Å². The van der Waals surface area contributed by atoms with Crippen molar-refractivity contribution in [3.05, 3.63) is 10.3 Å². The molecule has 0 bridgehead atoms. The highest BCUT2D eigenvalue weighted by molar-refractivity contribution is 9.15. The molecule has 1 aliphatic rings. The van der Waals surface area contributed by atoms with Crippen LogP contribution in [0.5, 0.6) is 0 Å². The summed E-state index contributed by atoms with van der Waals surface area (Å²) in [6.45, 7) is 0. The van der Waals surface area contributed by atoms with Crippen LogP contribution in [0.4, 0.5) is 4.39 Å². The van der Waals surface area contributed by atoms with E-state index in [-0.39, 0.29) is 4.16 Å². The molecule has 2 nitrogen and oxygen atoms in total. The van der Waals surface area contributed by atoms with Crippen molar-refractivity contribution < 1.29 is 13.9 Å². The van der Waals surface area contributed by atoms with E-state index in [0.29, 0.717) is 4.48 Å². The van der Waals surface area contributed by atoms with Crippen molar-refractivity contribution in [3.8, 4) is 0 Å². The van der Waals surface area contributed by atoms with E-state index in [1.165, 1.54) is 7.11 Å². The van der Waals surface area contributed by atoms with E-state index in [1.54, 1.807) is 0 Å². The average Bonchev–Trinajstić information content (AvgIpc) is 2.32. The van der Waals surface area contributed by atoms with Crippen LogP contribution >= 0.6 is 43.6 Å². The van der Waals surface area contributed by atoms with Gasteiger partial charge >= 0.3 is 5.97 Å². The van der Waals surface area contributed by atoms with Crippen LogP contribution in [0.15, 0.2) is 10.3 Å². The standard InChI is InChI=1S/C6H5Br2FO2S/c1-11-6(10)4-3(9)2(7)5(8)12-4/h4-5H,1H3. The normalized spacial score (nSPS) is 29.3. The highest BCUT2D eigenvalue weighted by Gasteiger charge is 2.37. The van der Waals surface area contributed by atoms with Crippen LogP contribution in [0, 0.1) is 0 Å². The minimum absolute atomic E-state index is 0.193. The van der Waals surface area contributed by atoms with E-state index in [2.05, 4.69) is 36.6 Å². The fraction of sp³-hybridized carbons (Fsp3) is 0.500. The number of thioether (sulfide) groups is 1. The van der Waals surface area contributed by atoms with Crippen molar-refractivity contribution in [2.75, 3.05) is 7.11 Å². The molecule has 1 aliphatic heterocycles. The molecule has 1 rings (SSSR count). The zero-order valence-corrected chi connectivity index (χ0v) is 10.0. The molecule has 2 atom stereocenters. The van der Waals surface area contributed by atoms with Gasteiger partial charge in [-0.15, -0.1) is 11.8 Å². The predicted octanol–water partition coefficient (Wildman–Crippen LogP) is 2.57. The van der Waals surface area contributed by atoms with E-state index in [9.17, 15) is 9.18 Å². The van der Waals surface area contributed by atoms with Crippen LogP contribution in [-0.4, -0.2) is 22.5 Å². The van der Waals surface area contributed by atoms with Gasteiger partial charge in [-0.1, -0.05) is 31.9 Å². The zero-order valence-electron chi connectivity index (χ0n) is 6.01. The van der Waals surface area contributed by atoms with E-state index < -0.39 is 17.0 Å². The second-order valence-electron chi connectivity index (χ2n) is 2.05. The summed E-state index contributed by atoms with van der Waals surface area (Å²) in [5.74, 6) is -1.02. The maximum atomic E-state index is 13.2. The number of rotatable bonds is 1. The highest BCUT2D eigenvalue weighted by atomic mass is 79.9. The van der Waals surface area contributed by atoms with Gasteiger partial charge in [-0.05, 0) is 0 Å². The van der Waals surface area contributed by atoms with Gasteiger partial charge in [-0.25, -0.2) is 4.39 Å². The number of hydrogen-bond donors (Lipinski definition) is 0. The van der Waals surface area contributed by atoms with Crippen molar-refractivity contribution in [3.63, 3.8) is 0 Å². The molecule has 0 N–H and O–H groups in total. The largest absolute Gasteiger partial charge is 0.468 e. The summed E-state index contributed by atoms with van der Waals surface area (Å²) in [7, 11) is 1.24. The van der Waals surface area contributed by atoms with E-state index >= 15 is 0 Å². The number of esters is 1. The lowest BCUT2D eigenvalue weighted by Gasteiger charge is -2.05. The molecule has 0 fully saturated rings. The first-order valence-electron chi connectivity index (χ1n) is 3.00. The van der Waals surface area contributed by atoms with Crippen LogP contribution < -0.4 is 0 Å². The van der Waals surface area contributed by atoms with Crippen molar-refractivity contribution >= 4 is 49.6 Å². The quantitative estimate of drug-likeness (QED) is 0.549. The number of ether oxygens (including phenoxy) is 1. The Balaban J connectivity index is 2.80. The minimum Gasteiger partial charge on any atom is -0.468 e. The summed E-state index contributed by atoms with van der Waals surface area (Å²) in [4.78, 5) is 11.0. The lowest BCUT2D eigenvalue weighted by molar-refractivity contribution is -0.139. The number of hydrogen-bond acceptors (Lipinski definition) is 3. The maximum absolute atomic E-state index is 13.2. The molecule has 12 heavy (non-hydrogen) atoms. The average molecular weight is 320 g/mol. The van der Waals surface area contributed by atoms with Crippen LogP contribution in [0.1, 0.15) is 0 Å². The Labute approximate surface area is 90.2 Å². The number of halogens is 3. The van der Waals surface area contributed by atoms with Crippen molar-refractivity contribution in [1.82, 2.24) is 0 Å². The fourth-order valence-corrected chi connectivity index (χ4v) is 3.23. The van der Waals surface area contributed by atoms with E-state index in [1.807, 2.05) is 0 Å². The molecule has 0 spiro atoms. The van der Waals surface area contributed by atoms with E-state index in [0.717, 1.165) is 11.8 Å². The summed E-state index contributed by atoms with van der Waals surface area (Å²) in [5, 5.41) is -0.825. The molecule has 0 radical (unpaired) electrons. The number of carbonyl (C=O) groups is 1. The summed E-state index contributed by atoms with van der Waals surface area (Å²) in [6, 6.07) is 0. The number of methoxy groups -OCH3 is 1. The van der Waals surface area contributed by atoms with Crippen molar-refractivity contribution in [2.45, 2.75) is 9.41 Å². The lowest BCUT2D eigenvalue weighted by Crippen LogP contribution is -2.17. The molecule has 2 unspecified atom stereocenters. The molecule has 0 amide bonds. The Morgan fingerprint density at radius 2 is 2.33 bits per heavy atom. The SMILES string of the molecule is COC(=O)C1SC(Br)C(Br)=C1F. The van der Waals surface area contributed by atoms with Gasteiger partial charge < -0.3 is 4.74 Å². The zero-order chi connectivity index (χ0) is 9.30. The lowest BCUT2D eigenvalue weighted by atomic mass is 10.3. The third-order valence-electron chi connectivity index (χ3n) is 1.33. The maximum Gasteiger partial charge on any atom is 0.325 e. The van der Waals surface area contributed by atoms with Gasteiger partial charge in [0, 0.05) is 0 Å². The van der Waals surface area contributed by atoms with E-state index in [4.69, 9.17) is 0 Å². The topological polar surface area (TPSA) is 26.3 Å². The molecular weight excluding hydrogens is 315 g/mol. The first-order valence-corrected chi connectivity index (χ1v) is 5.65. The predicted molar refractivity (Wildman–Crippen MR) is 53.2 cm³/mol. The summed E-state index contributed by atoms with van der Waals surface area (Å²) >= 11 is 7.39. The second kappa shape index (κ2) is 4.11. The monoisotopic (exact) mass is 318 g/mol.